The van der Waals surface area contributed by atoms with Crippen LogP contribution in [0.15, 0.2) is 0 Å². The molecule has 7 nitrogen and oxygen atoms in total. The third-order valence-corrected chi connectivity index (χ3v) is 3.49. The highest BCUT2D eigenvalue weighted by Gasteiger charge is 2.71. The lowest BCUT2D eigenvalue weighted by molar-refractivity contribution is -0.325. The lowest BCUT2D eigenvalue weighted by atomic mass is 10.0. The van der Waals surface area contributed by atoms with E-state index in [2.05, 4.69) is 0 Å². The van der Waals surface area contributed by atoms with Crippen molar-refractivity contribution in [1.82, 2.24) is 0 Å². The van der Waals surface area contributed by atoms with E-state index in [0.29, 0.717) is 0 Å². The van der Waals surface area contributed by atoms with Crippen LogP contribution in [0.5, 0.6) is 0 Å². The number of rotatable bonds is 1. The van der Waals surface area contributed by atoms with Gasteiger partial charge in [0.2, 0.25) is 0 Å². The van der Waals surface area contributed by atoms with Crippen LogP contribution >= 0.6 is 0 Å². The molecule has 3 rings (SSSR count). The van der Waals surface area contributed by atoms with E-state index in [1.165, 1.54) is 0 Å². The zero-order valence-corrected chi connectivity index (χ0v) is 11.3. The van der Waals surface area contributed by atoms with Crippen molar-refractivity contribution in [2.75, 3.05) is 6.61 Å². The lowest BCUT2D eigenvalue weighted by Gasteiger charge is -2.38. The number of aliphatic carboxylic acids is 1. The molecule has 0 aromatic carbocycles. The summed E-state index contributed by atoms with van der Waals surface area (Å²) in [6.45, 7) is 7.09. The predicted octanol–water partition coefficient (Wildman–Crippen LogP) is 0.469. The first-order valence-corrected chi connectivity index (χ1v) is 6.26. The number of fused-ring (bicyclic) bond motifs is 3. The molecule has 3 aliphatic heterocycles. The smallest absolute Gasteiger partial charge is 0.367 e. The van der Waals surface area contributed by atoms with Crippen LogP contribution in [0.25, 0.3) is 0 Å². The Kier molecular flexibility index (Phi) is 2.57. The summed E-state index contributed by atoms with van der Waals surface area (Å²) in [6.07, 6.45) is -1.85. The van der Waals surface area contributed by atoms with E-state index in [1.54, 1.807) is 27.7 Å². The quantitative estimate of drug-likeness (QED) is 0.744. The molecule has 0 amide bonds. The van der Waals surface area contributed by atoms with Crippen molar-refractivity contribution in [3.63, 3.8) is 0 Å². The largest absolute Gasteiger partial charge is 0.477 e. The van der Waals surface area contributed by atoms with Gasteiger partial charge in [-0.1, -0.05) is 0 Å². The predicted molar refractivity (Wildman–Crippen MR) is 60.2 cm³/mol. The van der Waals surface area contributed by atoms with Crippen molar-refractivity contribution in [3.8, 4) is 0 Å². The molecule has 0 aromatic rings. The normalized spacial score (nSPS) is 46.6. The Labute approximate surface area is 110 Å². The standard InChI is InChI=1S/C12H18O7/c1-10(2)15-5-6-7(17-10)8-12(16-6,9(13)14)19-11(3,4)18-8/h6-8H,5H2,1-4H3,(H,13,14)/t6-,7+,8-,12-/m0/s1. The number of carboxylic acids is 1. The summed E-state index contributed by atoms with van der Waals surface area (Å²) in [5, 5.41) is 9.46. The van der Waals surface area contributed by atoms with Gasteiger partial charge in [0.15, 0.2) is 17.7 Å². The van der Waals surface area contributed by atoms with E-state index < -0.39 is 41.6 Å². The van der Waals surface area contributed by atoms with Gasteiger partial charge in [-0.05, 0) is 27.7 Å². The zero-order valence-electron chi connectivity index (χ0n) is 11.3. The lowest BCUT2D eigenvalue weighted by Crippen LogP contribution is -2.52. The molecule has 3 aliphatic rings. The van der Waals surface area contributed by atoms with Gasteiger partial charge in [-0.25, -0.2) is 4.79 Å². The molecule has 7 heteroatoms. The molecule has 3 fully saturated rings. The summed E-state index contributed by atoms with van der Waals surface area (Å²) in [7, 11) is 0. The maximum absolute atomic E-state index is 11.6. The first-order valence-electron chi connectivity index (χ1n) is 6.26. The summed E-state index contributed by atoms with van der Waals surface area (Å²) in [5.41, 5.74) is 0. The highest BCUT2D eigenvalue weighted by Crippen LogP contribution is 2.48. The zero-order chi connectivity index (χ0) is 14.1. The second kappa shape index (κ2) is 3.67. The molecule has 3 heterocycles. The Morgan fingerprint density at radius 2 is 1.79 bits per heavy atom. The fourth-order valence-corrected chi connectivity index (χ4v) is 2.82. The van der Waals surface area contributed by atoms with E-state index in [0.717, 1.165) is 0 Å². The monoisotopic (exact) mass is 274 g/mol. The Bertz CT molecular complexity index is 418. The van der Waals surface area contributed by atoms with E-state index in [4.69, 9.17) is 23.7 Å². The molecule has 0 aliphatic carbocycles. The molecule has 4 atom stereocenters. The maximum Gasteiger partial charge on any atom is 0.367 e. The molecular formula is C12H18O7. The fourth-order valence-electron chi connectivity index (χ4n) is 2.82. The summed E-state index contributed by atoms with van der Waals surface area (Å²) in [5.74, 6) is -4.85. The first kappa shape index (κ1) is 13.3. The molecule has 0 aromatic heterocycles. The van der Waals surface area contributed by atoms with Crippen LogP contribution in [0.4, 0.5) is 0 Å². The van der Waals surface area contributed by atoms with Crippen LogP contribution in [0.1, 0.15) is 27.7 Å². The number of carbonyl (C=O) groups is 1. The number of ether oxygens (including phenoxy) is 5. The molecule has 0 saturated carbocycles. The van der Waals surface area contributed by atoms with Gasteiger partial charge in [-0.3, -0.25) is 0 Å². The van der Waals surface area contributed by atoms with E-state index >= 15 is 0 Å². The van der Waals surface area contributed by atoms with Gasteiger partial charge in [-0.15, -0.1) is 0 Å². The number of carboxylic acid groups (broad SMARTS) is 1. The van der Waals surface area contributed by atoms with Crippen LogP contribution in [0.3, 0.4) is 0 Å². The number of hydrogen-bond acceptors (Lipinski definition) is 6. The molecule has 0 spiro atoms. The van der Waals surface area contributed by atoms with Gasteiger partial charge in [0, 0.05) is 0 Å². The van der Waals surface area contributed by atoms with Gasteiger partial charge >= 0.3 is 11.8 Å². The molecule has 108 valence electrons. The van der Waals surface area contributed by atoms with Crippen LogP contribution in [0.2, 0.25) is 0 Å². The van der Waals surface area contributed by atoms with Crippen molar-refractivity contribution in [2.24, 2.45) is 0 Å². The Morgan fingerprint density at radius 1 is 1.11 bits per heavy atom. The average Bonchev–Trinajstić information content (AvgIpc) is 2.67. The second-order valence-electron chi connectivity index (χ2n) is 5.96. The third-order valence-electron chi connectivity index (χ3n) is 3.49. The molecule has 0 radical (unpaired) electrons. The van der Waals surface area contributed by atoms with Gasteiger partial charge < -0.3 is 28.8 Å². The summed E-state index contributed by atoms with van der Waals surface area (Å²) < 4.78 is 28.0. The molecule has 1 N–H and O–H groups in total. The Balaban J connectivity index is 1.94. The summed E-state index contributed by atoms with van der Waals surface area (Å²) in [6, 6.07) is 0. The van der Waals surface area contributed by atoms with Gasteiger partial charge in [0.1, 0.15) is 12.2 Å². The Hall–Kier alpha value is -0.730. The molecule has 19 heavy (non-hydrogen) atoms. The fraction of sp³-hybridized carbons (Fsp3) is 0.917. The second-order valence-corrected chi connectivity index (χ2v) is 5.96. The minimum Gasteiger partial charge on any atom is -0.477 e. The van der Waals surface area contributed by atoms with Crippen molar-refractivity contribution in [1.29, 1.82) is 0 Å². The molecule has 3 saturated heterocycles. The van der Waals surface area contributed by atoms with E-state index in [1.807, 2.05) is 0 Å². The Morgan fingerprint density at radius 3 is 2.42 bits per heavy atom. The van der Waals surface area contributed by atoms with Crippen molar-refractivity contribution in [2.45, 2.75) is 63.4 Å². The molecule has 0 bridgehead atoms. The average molecular weight is 274 g/mol. The minimum absolute atomic E-state index is 0.246. The van der Waals surface area contributed by atoms with E-state index in [9.17, 15) is 9.90 Å². The summed E-state index contributed by atoms with van der Waals surface area (Å²) in [4.78, 5) is 11.6. The van der Waals surface area contributed by atoms with Crippen LogP contribution < -0.4 is 0 Å². The van der Waals surface area contributed by atoms with Gasteiger partial charge in [0.25, 0.3) is 0 Å². The van der Waals surface area contributed by atoms with Crippen molar-refractivity contribution in [3.05, 3.63) is 0 Å². The van der Waals surface area contributed by atoms with Gasteiger partial charge in [0.05, 0.1) is 6.61 Å². The van der Waals surface area contributed by atoms with Crippen LogP contribution in [0, 0.1) is 0 Å². The highest BCUT2D eigenvalue weighted by atomic mass is 16.9. The maximum atomic E-state index is 11.6. The van der Waals surface area contributed by atoms with E-state index in [-0.39, 0.29) is 6.61 Å². The SMILES string of the molecule is CC1(C)OC[C@@H]2O[C@]3(C(=O)O)OC(C)(C)O[C@H]3[C@@H]2O1. The minimum atomic E-state index is -1.82. The summed E-state index contributed by atoms with van der Waals surface area (Å²) >= 11 is 0. The van der Waals surface area contributed by atoms with Gasteiger partial charge in [-0.2, -0.15) is 0 Å². The third kappa shape index (κ3) is 1.88. The number of hydrogen-bond donors (Lipinski definition) is 1. The molecular weight excluding hydrogens is 256 g/mol. The first-order chi connectivity index (χ1) is 8.65. The van der Waals surface area contributed by atoms with Crippen LogP contribution in [-0.4, -0.2) is 53.4 Å². The topological polar surface area (TPSA) is 83.5 Å². The van der Waals surface area contributed by atoms with Crippen molar-refractivity contribution < 1.29 is 33.6 Å². The molecule has 0 unspecified atom stereocenters. The van der Waals surface area contributed by atoms with Crippen LogP contribution in [-0.2, 0) is 28.5 Å². The van der Waals surface area contributed by atoms with Crippen molar-refractivity contribution >= 4 is 5.97 Å². The highest BCUT2D eigenvalue weighted by molar-refractivity contribution is 5.77.